The van der Waals surface area contributed by atoms with E-state index < -0.39 is 10.8 Å². The summed E-state index contributed by atoms with van der Waals surface area (Å²) in [4.78, 5) is 26.5. The Morgan fingerprint density at radius 3 is 2.55 bits per heavy atom. The summed E-state index contributed by atoms with van der Waals surface area (Å²) in [5.41, 5.74) is 10.6. The van der Waals surface area contributed by atoms with E-state index in [2.05, 4.69) is 6.07 Å². The average molecular weight is 443 g/mol. The summed E-state index contributed by atoms with van der Waals surface area (Å²) >= 11 is 0. The van der Waals surface area contributed by atoms with Gasteiger partial charge in [-0.3, -0.25) is 19.8 Å². The van der Waals surface area contributed by atoms with Crippen molar-refractivity contribution < 1.29 is 9.72 Å². The third-order valence-electron chi connectivity index (χ3n) is 6.45. The smallest absolute Gasteiger partial charge is 0.293 e. The molecule has 4 rings (SSSR count). The number of ketones is 1. The Labute approximate surface area is 193 Å². The molecule has 33 heavy (non-hydrogen) atoms. The van der Waals surface area contributed by atoms with Gasteiger partial charge < -0.3 is 5.73 Å². The molecule has 0 spiro atoms. The Hall–Kier alpha value is -3.92. The maximum atomic E-state index is 13.6. The van der Waals surface area contributed by atoms with Crippen molar-refractivity contribution in [3.8, 4) is 6.07 Å². The lowest BCUT2D eigenvalue weighted by molar-refractivity contribution is -0.384. The highest BCUT2D eigenvalue weighted by Gasteiger charge is 2.46. The number of Topliss-reactive ketones (excluding diaryl/α,β-unsaturated/α-hetero) is 1. The van der Waals surface area contributed by atoms with Crippen LogP contribution < -0.4 is 10.6 Å². The molecule has 1 atom stereocenters. The van der Waals surface area contributed by atoms with Gasteiger partial charge in [0.25, 0.3) is 5.69 Å². The van der Waals surface area contributed by atoms with E-state index in [0.29, 0.717) is 24.1 Å². The number of anilines is 1. The van der Waals surface area contributed by atoms with Crippen molar-refractivity contribution in [3.05, 3.63) is 91.9 Å². The highest BCUT2D eigenvalue weighted by atomic mass is 16.6. The van der Waals surface area contributed by atoms with Crippen LogP contribution in [-0.2, 0) is 4.79 Å². The maximum Gasteiger partial charge on any atom is 0.293 e. The van der Waals surface area contributed by atoms with Gasteiger partial charge in [0.15, 0.2) is 5.78 Å². The number of nitrogens with zero attached hydrogens (tertiary/aromatic N) is 3. The van der Waals surface area contributed by atoms with Crippen LogP contribution in [0.4, 0.5) is 11.4 Å². The molecule has 7 heteroatoms. The molecule has 0 saturated heterocycles. The number of aryl methyl sites for hydroxylation is 2. The number of nitriles is 1. The van der Waals surface area contributed by atoms with Crippen LogP contribution in [0.2, 0.25) is 0 Å². The van der Waals surface area contributed by atoms with E-state index in [-0.39, 0.29) is 34.0 Å². The van der Waals surface area contributed by atoms with E-state index in [0.717, 1.165) is 16.7 Å². The molecule has 2 aromatic carbocycles. The van der Waals surface area contributed by atoms with Crippen LogP contribution in [0.25, 0.3) is 0 Å². The number of hydrogen-bond donors (Lipinski definition) is 1. The zero-order valence-electron chi connectivity index (χ0n) is 19.2. The van der Waals surface area contributed by atoms with Crippen LogP contribution in [0.15, 0.2) is 65.1 Å². The van der Waals surface area contributed by atoms with Crippen molar-refractivity contribution in [3.63, 3.8) is 0 Å². The summed E-state index contributed by atoms with van der Waals surface area (Å²) in [6.07, 6.45) is 0.831. The summed E-state index contributed by atoms with van der Waals surface area (Å²) in [6.45, 7) is 7.91. The van der Waals surface area contributed by atoms with Gasteiger partial charge in [-0.25, -0.2) is 0 Å². The van der Waals surface area contributed by atoms with Gasteiger partial charge in [-0.05, 0) is 42.9 Å². The number of rotatable bonds is 3. The monoisotopic (exact) mass is 442 g/mol. The zero-order valence-corrected chi connectivity index (χ0v) is 19.2. The van der Waals surface area contributed by atoms with Gasteiger partial charge in [0.2, 0.25) is 0 Å². The highest BCUT2D eigenvalue weighted by molar-refractivity contribution is 6.02. The van der Waals surface area contributed by atoms with E-state index in [1.807, 2.05) is 45.9 Å². The van der Waals surface area contributed by atoms with Crippen molar-refractivity contribution in [1.82, 2.24) is 0 Å². The molecule has 0 aromatic heterocycles. The molecule has 1 unspecified atom stereocenters. The Morgan fingerprint density at radius 2 is 1.88 bits per heavy atom. The number of nitro benzene ring substituents is 1. The van der Waals surface area contributed by atoms with Crippen LogP contribution in [-0.4, -0.2) is 10.7 Å². The molecular weight excluding hydrogens is 416 g/mol. The molecule has 2 N–H and O–H groups in total. The van der Waals surface area contributed by atoms with E-state index >= 15 is 0 Å². The normalized spacial score (nSPS) is 19.9. The third kappa shape index (κ3) is 3.68. The molecule has 1 heterocycles. The number of carbonyl (C=O) groups is 1. The van der Waals surface area contributed by atoms with Crippen LogP contribution in [0.3, 0.4) is 0 Å². The molecule has 7 nitrogen and oxygen atoms in total. The van der Waals surface area contributed by atoms with Gasteiger partial charge in [0, 0.05) is 23.8 Å². The van der Waals surface area contributed by atoms with E-state index in [1.54, 1.807) is 23.1 Å². The first-order chi connectivity index (χ1) is 15.6. The Kier molecular flexibility index (Phi) is 5.33. The molecule has 2 aromatic rings. The quantitative estimate of drug-likeness (QED) is 0.519. The lowest BCUT2D eigenvalue weighted by Crippen LogP contribution is -2.42. The standard InChI is InChI=1S/C26H26N4O3/c1-15-9-10-16(2)17(11-15)23-18(14-27)25(28)29(19-7-5-6-8-20(19)30(32)33)21-12-26(3,4)13-22(31)24(21)23/h5-11,23H,12-13,28H2,1-4H3. The number of carbonyl (C=O) groups excluding carboxylic acids is 1. The van der Waals surface area contributed by atoms with E-state index in [9.17, 15) is 20.2 Å². The molecule has 1 aliphatic carbocycles. The second-order valence-electron chi connectivity index (χ2n) is 9.59. The molecule has 0 amide bonds. The minimum absolute atomic E-state index is 0.0593. The molecule has 2 aliphatic rings. The number of nitro groups is 1. The lowest BCUT2D eigenvalue weighted by atomic mass is 9.68. The SMILES string of the molecule is Cc1ccc(C)c(C2C(C#N)=C(N)N(c3ccccc3[N+](=O)[O-])C3=C2C(=O)CC(C)(C)C3)c1. The lowest BCUT2D eigenvalue weighted by Gasteiger charge is -2.43. The van der Waals surface area contributed by atoms with Crippen molar-refractivity contribution in [2.45, 2.75) is 46.5 Å². The van der Waals surface area contributed by atoms with Crippen LogP contribution >= 0.6 is 0 Å². The molecule has 0 saturated carbocycles. The predicted octanol–water partition coefficient (Wildman–Crippen LogP) is 5.15. The fraction of sp³-hybridized carbons (Fsp3) is 0.308. The van der Waals surface area contributed by atoms with Gasteiger partial charge in [0.1, 0.15) is 11.5 Å². The number of para-hydroxylation sites is 2. The Balaban J connectivity index is 2.08. The summed E-state index contributed by atoms with van der Waals surface area (Å²) < 4.78 is 0. The van der Waals surface area contributed by atoms with E-state index in [4.69, 9.17) is 5.73 Å². The summed E-state index contributed by atoms with van der Waals surface area (Å²) in [5, 5.41) is 22.0. The second-order valence-corrected chi connectivity index (χ2v) is 9.59. The largest absolute Gasteiger partial charge is 0.384 e. The fourth-order valence-corrected chi connectivity index (χ4v) is 4.97. The number of hydrogen-bond acceptors (Lipinski definition) is 6. The summed E-state index contributed by atoms with van der Waals surface area (Å²) in [5.74, 6) is -0.537. The molecule has 0 fully saturated rings. The van der Waals surface area contributed by atoms with Crippen molar-refractivity contribution >= 4 is 17.2 Å². The first-order valence-electron chi connectivity index (χ1n) is 10.8. The molecule has 0 bridgehead atoms. The van der Waals surface area contributed by atoms with E-state index in [1.165, 1.54) is 6.07 Å². The minimum atomic E-state index is -0.604. The molecule has 0 radical (unpaired) electrons. The van der Waals surface area contributed by atoms with Gasteiger partial charge in [-0.15, -0.1) is 0 Å². The van der Waals surface area contributed by atoms with Gasteiger partial charge in [-0.1, -0.05) is 49.7 Å². The third-order valence-corrected chi connectivity index (χ3v) is 6.45. The average Bonchev–Trinajstić information content (AvgIpc) is 2.74. The molecule has 1 aliphatic heterocycles. The summed E-state index contributed by atoms with van der Waals surface area (Å²) in [6, 6.07) is 14.5. The number of allylic oxidation sites excluding steroid dienone is 3. The second kappa shape index (κ2) is 7.89. The topological polar surface area (TPSA) is 113 Å². The Bertz CT molecular complexity index is 1300. The van der Waals surface area contributed by atoms with Crippen LogP contribution in [0.5, 0.6) is 0 Å². The van der Waals surface area contributed by atoms with Gasteiger partial charge in [-0.2, -0.15) is 5.26 Å². The maximum absolute atomic E-state index is 13.6. The fourth-order valence-electron chi connectivity index (χ4n) is 4.97. The van der Waals surface area contributed by atoms with Crippen molar-refractivity contribution in [1.29, 1.82) is 5.26 Å². The summed E-state index contributed by atoms with van der Waals surface area (Å²) in [7, 11) is 0. The zero-order chi connectivity index (χ0) is 24.1. The molecular formula is C26H26N4O3. The van der Waals surface area contributed by atoms with Crippen LogP contribution in [0.1, 0.15) is 49.3 Å². The first-order valence-corrected chi connectivity index (χ1v) is 10.8. The number of nitrogens with two attached hydrogens (primary N) is 1. The Morgan fingerprint density at radius 1 is 1.18 bits per heavy atom. The predicted molar refractivity (Wildman–Crippen MR) is 126 cm³/mol. The minimum Gasteiger partial charge on any atom is -0.384 e. The molecule has 168 valence electrons. The van der Waals surface area contributed by atoms with Crippen molar-refractivity contribution in [2.24, 2.45) is 11.1 Å². The van der Waals surface area contributed by atoms with Gasteiger partial charge in [0.05, 0.1) is 22.5 Å². The highest BCUT2D eigenvalue weighted by Crippen LogP contribution is 2.51. The number of benzene rings is 2. The first kappa shape index (κ1) is 22.3. The van der Waals surface area contributed by atoms with Gasteiger partial charge >= 0.3 is 0 Å². The van der Waals surface area contributed by atoms with Crippen LogP contribution in [0, 0.1) is 40.7 Å². The van der Waals surface area contributed by atoms with Crippen molar-refractivity contribution in [2.75, 3.05) is 4.90 Å².